The summed E-state index contributed by atoms with van der Waals surface area (Å²) in [6, 6.07) is 9.96. The molecular formula is C21H22N4O3S. The van der Waals surface area contributed by atoms with Gasteiger partial charge in [0.05, 0.1) is 24.1 Å². The van der Waals surface area contributed by atoms with Crippen LogP contribution in [0.25, 0.3) is 5.69 Å². The lowest BCUT2D eigenvalue weighted by Crippen LogP contribution is -2.08. The second kappa shape index (κ2) is 7.87. The highest BCUT2D eigenvalue weighted by molar-refractivity contribution is 7.99. The van der Waals surface area contributed by atoms with Crippen molar-refractivity contribution in [3.63, 3.8) is 0 Å². The number of rotatable bonds is 7. The molecule has 0 aliphatic heterocycles. The zero-order valence-corrected chi connectivity index (χ0v) is 17.4. The highest BCUT2D eigenvalue weighted by Gasteiger charge is 2.31. The first-order valence-electron chi connectivity index (χ1n) is 9.45. The van der Waals surface area contributed by atoms with Gasteiger partial charge in [0, 0.05) is 17.3 Å². The van der Waals surface area contributed by atoms with Crippen LogP contribution in [-0.4, -0.2) is 44.4 Å². The lowest BCUT2D eigenvalue weighted by atomic mass is 10.1. The summed E-state index contributed by atoms with van der Waals surface area (Å²) in [6.45, 7) is 3.52. The number of aromatic nitrogens is 4. The van der Waals surface area contributed by atoms with Gasteiger partial charge in [0.2, 0.25) is 0 Å². The van der Waals surface area contributed by atoms with Crippen molar-refractivity contribution in [2.45, 2.75) is 37.8 Å². The van der Waals surface area contributed by atoms with Crippen LogP contribution in [0.3, 0.4) is 0 Å². The number of ether oxygens (including phenoxy) is 1. The van der Waals surface area contributed by atoms with Crippen molar-refractivity contribution in [1.82, 2.24) is 19.7 Å². The monoisotopic (exact) mass is 410 g/mol. The van der Waals surface area contributed by atoms with Crippen molar-refractivity contribution in [3.05, 3.63) is 58.7 Å². The van der Waals surface area contributed by atoms with Crippen LogP contribution in [0, 0.1) is 13.8 Å². The predicted molar refractivity (Wildman–Crippen MR) is 110 cm³/mol. The third kappa shape index (κ3) is 3.72. The van der Waals surface area contributed by atoms with Gasteiger partial charge in [-0.25, -0.2) is 4.79 Å². The topological polar surface area (TPSA) is 89.9 Å². The smallest absolute Gasteiger partial charge is 0.339 e. The van der Waals surface area contributed by atoms with E-state index in [2.05, 4.69) is 15.2 Å². The molecule has 0 saturated heterocycles. The Morgan fingerprint density at radius 1 is 1.21 bits per heavy atom. The van der Waals surface area contributed by atoms with Crippen molar-refractivity contribution in [1.29, 1.82) is 0 Å². The Morgan fingerprint density at radius 2 is 1.93 bits per heavy atom. The Hall–Kier alpha value is -2.87. The fourth-order valence-corrected chi connectivity index (χ4v) is 4.27. The number of esters is 1. The highest BCUT2D eigenvalue weighted by atomic mass is 32.2. The number of hydrogen-bond donors (Lipinski definition) is 1. The molecule has 7 nitrogen and oxygen atoms in total. The number of H-pyrrole nitrogens is 1. The van der Waals surface area contributed by atoms with E-state index in [1.165, 1.54) is 18.9 Å². The molecule has 0 bridgehead atoms. The fraction of sp³-hybridized carbons (Fsp3) is 0.333. The van der Waals surface area contributed by atoms with Crippen molar-refractivity contribution in [2.24, 2.45) is 0 Å². The number of thioether (sulfide) groups is 1. The summed E-state index contributed by atoms with van der Waals surface area (Å²) >= 11 is 1.35. The van der Waals surface area contributed by atoms with Crippen LogP contribution in [0.1, 0.15) is 56.7 Å². The third-order valence-corrected chi connectivity index (χ3v) is 5.98. The highest BCUT2D eigenvalue weighted by Crippen LogP contribution is 2.41. The summed E-state index contributed by atoms with van der Waals surface area (Å²) in [6.07, 6.45) is 2.23. The molecule has 0 atom stereocenters. The number of carbonyl (C=O) groups is 2. The van der Waals surface area contributed by atoms with Crippen LogP contribution >= 0.6 is 11.8 Å². The molecule has 150 valence electrons. The first kappa shape index (κ1) is 19.4. The Kier molecular flexibility index (Phi) is 5.27. The summed E-state index contributed by atoms with van der Waals surface area (Å²) in [5, 5.41) is 9.43. The summed E-state index contributed by atoms with van der Waals surface area (Å²) in [4.78, 5) is 27.9. The summed E-state index contributed by atoms with van der Waals surface area (Å²) < 4.78 is 6.86. The molecule has 0 spiro atoms. The molecule has 2 aromatic heterocycles. The van der Waals surface area contributed by atoms with E-state index < -0.39 is 5.97 Å². The molecule has 0 amide bonds. The molecule has 0 radical (unpaired) electrons. The maximum Gasteiger partial charge on any atom is 0.339 e. The maximum absolute atomic E-state index is 12.9. The second-order valence-electron chi connectivity index (χ2n) is 7.11. The van der Waals surface area contributed by atoms with Crippen LogP contribution < -0.4 is 0 Å². The van der Waals surface area contributed by atoms with Gasteiger partial charge >= 0.3 is 5.97 Å². The van der Waals surface area contributed by atoms with Gasteiger partial charge in [-0.05, 0) is 44.4 Å². The van der Waals surface area contributed by atoms with Crippen molar-refractivity contribution < 1.29 is 14.3 Å². The van der Waals surface area contributed by atoms with E-state index in [4.69, 9.17) is 4.74 Å². The first-order valence-corrected chi connectivity index (χ1v) is 10.4. The molecule has 1 aromatic carbocycles. The minimum Gasteiger partial charge on any atom is -0.465 e. The van der Waals surface area contributed by atoms with Crippen LogP contribution in [0.4, 0.5) is 0 Å². The number of ketones is 1. The molecule has 2 heterocycles. The standard InChI is InChI=1S/C21H22N4O3S/c1-12-17(20(27)28-3)13(2)22-18(12)16(26)11-29-21-24-23-19(14-9-10-14)25(21)15-7-5-4-6-8-15/h4-8,14,22H,9-11H2,1-3H3. The molecule has 1 fully saturated rings. The second-order valence-corrected chi connectivity index (χ2v) is 8.06. The number of aromatic amines is 1. The van der Waals surface area contributed by atoms with Crippen molar-refractivity contribution in [3.8, 4) is 5.69 Å². The van der Waals surface area contributed by atoms with E-state index in [1.54, 1.807) is 13.8 Å². The molecule has 1 saturated carbocycles. The first-order chi connectivity index (χ1) is 14.0. The zero-order chi connectivity index (χ0) is 20.5. The minimum absolute atomic E-state index is 0.0960. The average Bonchev–Trinajstić information content (AvgIpc) is 3.42. The number of benzene rings is 1. The number of Topliss-reactive ketones (excluding diaryl/α,β-unsaturated/α-hetero) is 1. The number of nitrogens with one attached hydrogen (secondary N) is 1. The van der Waals surface area contributed by atoms with Gasteiger partial charge in [-0.3, -0.25) is 9.36 Å². The molecule has 0 unspecified atom stereocenters. The number of nitrogens with zero attached hydrogens (tertiary/aromatic N) is 3. The molecule has 29 heavy (non-hydrogen) atoms. The summed E-state index contributed by atoms with van der Waals surface area (Å²) in [7, 11) is 1.33. The third-order valence-electron chi connectivity index (χ3n) is 5.05. The molecule has 8 heteroatoms. The van der Waals surface area contributed by atoms with Crippen LogP contribution in [-0.2, 0) is 4.74 Å². The van der Waals surface area contributed by atoms with Crippen LogP contribution in [0.5, 0.6) is 0 Å². The van der Waals surface area contributed by atoms with Crippen molar-refractivity contribution >= 4 is 23.5 Å². The number of aryl methyl sites for hydroxylation is 1. The molecule has 4 rings (SSSR count). The van der Waals surface area contributed by atoms with Gasteiger partial charge in [-0.1, -0.05) is 30.0 Å². The molecular weight excluding hydrogens is 388 g/mol. The number of methoxy groups -OCH3 is 1. The van der Waals surface area contributed by atoms with Gasteiger partial charge in [0.15, 0.2) is 10.9 Å². The molecule has 1 aliphatic rings. The average molecular weight is 410 g/mol. The number of hydrogen-bond acceptors (Lipinski definition) is 6. The van der Waals surface area contributed by atoms with Gasteiger partial charge in [-0.2, -0.15) is 0 Å². The Morgan fingerprint density at radius 3 is 2.59 bits per heavy atom. The predicted octanol–water partition coefficient (Wildman–Crippen LogP) is 3.85. The molecule has 3 aromatic rings. The van der Waals surface area contributed by atoms with Gasteiger partial charge in [-0.15, -0.1) is 10.2 Å². The summed E-state index contributed by atoms with van der Waals surface area (Å²) in [5.74, 6) is 1.04. The SMILES string of the molecule is COC(=O)c1c(C)[nH]c(C(=O)CSc2nnc(C3CC3)n2-c2ccccc2)c1C. The fourth-order valence-electron chi connectivity index (χ4n) is 3.44. The number of carbonyl (C=O) groups excluding carboxylic acids is 2. The van der Waals surface area contributed by atoms with E-state index >= 15 is 0 Å². The minimum atomic E-state index is -0.444. The van der Waals surface area contributed by atoms with E-state index in [-0.39, 0.29) is 11.5 Å². The lowest BCUT2D eigenvalue weighted by molar-refractivity contribution is 0.0599. The summed E-state index contributed by atoms with van der Waals surface area (Å²) in [5.41, 5.74) is 3.09. The van der Waals surface area contributed by atoms with E-state index in [0.29, 0.717) is 33.6 Å². The molecule has 1 N–H and O–H groups in total. The van der Waals surface area contributed by atoms with Gasteiger partial charge < -0.3 is 9.72 Å². The Balaban J connectivity index is 1.57. The number of para-hydroxylation sites is 1. The van der Waals surface area contributed by atoms with E-state index in [0.717, 1.165) is 24.4 Å². The van der Waals surface area contributed by atoms with Crippen molar-refractivity contribution in [2.75, 3.05) is 12.9 Å². The van der Waals surface area contributed by atoms with E-state index in [9.17, 15) is 9.59 Å². The lowest BCUT2D eigenvalue weighted by Gasteiger charge is -2.09. The van der Waals surface area contributed by atoms with Crippen LogP contribution in [0.15, 0.2) is 35.5 Å². The normalized spacial score (nSPS) is 13.5. The quantitative estimate of drug-likeness (QED) is 0.361. The Bertz CT molecular complexity index is 1070. The Labute approximate surface area is 172 Å². The zero-order valence-electron chi connectivity index (χ0n) is 16.6. The largest absolute Gasteiger partial charge is 0.465 e. The van der Waals surface area contributed by atoms with Crippen LogP contribution in [0.2, 0.25) is 0 Å². The van der Waals surface area contributed by atoms with Gasteiger partial charge in [0.25, 0.3) is 0 Å². The van der Waals surface area contributed by atoms with E-state index in [1.807, 2.05) is 34.9 Å². The molecule has 1 aliphatic carbocycles. The van der Waals surface area contributed by atoms with Gasteiger partial charge in [0.1, 0.15) is 5.82 Å². The maximum atomic E-state index is 12.9.